The van der Waals surface area contributed by atoms with Crippen molar-refractivity contribution in [3.05, 3.63) is 35.4 Å². The number of carbonyl (C=O) groups excluding carboxylic acids is 1. The van der Waals surface area contributed by atoms with Crippen molar-refractivity contribution in [3.63, 3.8) is 0 Å². The Hall–Kier alpha value is -1.84. The van der Waals surface area contributed by atoms with E-state index in [9.17, 15) is 9.59 Å². The van der Waals surface area contributed by atoms with Gasteiger partial charge in [-0.05, 0) is 44.1 Å². The van der Waals surface area contributed by atoms with Gasteiger partial charge in [-0.25, -0.2) is 0 Å². The number of hydrogen-bond donors (Lipinski definition) is 2. The Morgan fingerprint density at radius 3 is 2.33 bits per heavy atom. The van der Waals surface area contributed by atoms with E-state index in [1.165, 1.54) is 11.1 Å². The molecular weight excluding hydrogens is 302 g/mol. The third kappa shape index (κ3) is 8.14. The molecule has 4 nitrogen and oxygen atoms in total. The first-order chi connectivity index (χ1) is 11.4. The number of aliphatic carboxylic acids is 1. The molecule has 1 rings (SSSR count). The van der Waals surface area contributed by atoms with Gasteiger partial charge < -0.3 is 10.4 Å². The predicted octanol–water partition coefficient (Wildman–Crippen LogP) is 3.96. The smallest absolute Gasteiger partial charge is 0.306 e. The second-order valence-electron chi connectivity index (χ2n) is 6.87. The molecule has 0 aliphatic rings. The summed E-state index contributed by atoms with van der Waals surface area (Å²) in [5.41, 5.74) is 2.51. The molecule has 0 saturated carbocycles. The van der Waals surface area contributed by atoms with Crippen LogP contribution in [0.25, 0.3) is 0 Å². The molecule has 0 aliphatic carbocycles. The van der Waals surface area contributed by atoms with Gasteiger partial charge in [-0.3, -0.25) is 9.59 Å². The standard InChI is InChI=1S/C20H31NO3/c1-15(2)18(20(23)24)8-4-5-14-21-19(22)9-6-7-17-12-10-16(3)11-13-17/h10-13,15,18H,4-9,14H2,1-3H3,(H,21,22)(H,23,24). The van der Waals surface area contributed by atoms with Gasteiger partial charge in [0.2, 0.25) is 5.91 Å². The molecule has 0 fully saturated rings. The molecule has 1 atom stereocenters. The van der Waals surface area contributed by atoms with E-state index in [0.29, 0.717) is 19.4 Å². The summed E-state index contributed by atoms with van der Waals surface area (Å²) < 4.78 is 0. The van der Waals surface area contributed by atoms with E-state index < -0.39 is 5.97 Å². The van der Waals surface area contributed by atoms with Crippen LogP contribution in [-0.2, 0) is 16.0 Å². The number of benzene rings is 1. The van der Waals surface area contributed by atoms with Crippen LogP contribution in [0.4, 0.5) is 0 Å². The Morgan fingerprint density at radius 2 is 1.75 bits per heavy atom. The highest BCUT2D eigenvalue weighted by Gasteiger charge is 2.20. The van der Waals surface area contributed by atoms with Crippen LogP contribution in [0.15, 0.2) is 24.3 Å². The molecule has 1 aromatic rings. The first-order valence-electron chi connectivity index (χ1n) is 8.95. The summed E-state index contributed by atoms with van der Waals surface area (Å²) in [5.74, 6) is -0.764. The summed E-state index contributed by atoms with van der Waals surface area (Å²) in [6, 6.07) is 8.41. The van der Waals surface area contributed by atoms with E-state index in [2.05, 4.69) is 36.5 Å². The summed E-state index contributed by atoms with van der Waals surface area (Å²) in [5, 5.41) is 12.0. The lowest BCUT2D eigenvalue weighted by Gasteiger charge is -2.15. The van der Waals surface area contributed by atoms with Crippen LogP contribution < -0.4 is 5.32 Å². The molecule has 0 aromatic heterocycles. The molecule has 1 aromatic carbocycles. The van der Waals surface area contributed by atoms with Crippen molar-refractivity contribution < 1.29 is 14.7 Å². The van der Waals surface area contributed by atoms with Gasteiger partial charge in [0.25, 0.3) is 0 Å². The Bertz CT molecular complexity index is 508. The number of carbonyl (C=O) groups is 2. The monoisotopic (exact) mass is 333 g/mol. The largest absolute Gasteiger partial charge is 0.481 e. The average molecular weight is 333 g/mol. The van der Waals surface area contributed by atoms with Crippen LogP contribution in [0.5, 0.6) is 0 Å². The van der Waals surface area contributed by atoms with Crippen molar-refractivity contribution in [3.8, 4) is 0 Å². The van der Waals surface area contributed by atoms with Crippen molar-refractivity contribution in [2.24, 2.45) is 11.8 Å². The molecule has 0 radical (unpaired) electrons. The van der Waals surface area contributed by atoms with Crippen molar-refractivity contribution in [1.82, 2.24) is 5.32 Å². The van der Waals surface area contributed by atoms with Crippen LogP contribution >= 0.6 is 0 Å². The van der Waals surface area contributed by atoms with Gasteiger partial charge >= 0.3 is 5.97 Å². The van der Waals surface area contributed by atoms with Crippen LogP contribution in [0.3, 0.4) is 0 Å². The maximum atomic E-state index is 11.8. The summed E-state index contributed by atoms with van der Waals surface area (Å²) in [4.78, 5) is 22.9. The molecule has 0 heterocycles. The number of nitrogens with one attached hydrogen (secondary N) is 1. The van der Waals surface area contributed by atoms with Crippen LogP contribution in [0.2, 0.25) is 0 Å². The van der Waals surface area contributed by atoms with Crippen LogP contribution in [-0.4, -0.2) is 23.5 Å². The van der Waals surface area contributed by atoms with E-state index in [1.54, 1.807) is 0 Å². The number of carboxylic acids is 1. The number of hydrogen-bond acceptors (Lipinski definition) is 2. The lowest BCUT2D eigenvalue weighted by Crippen LogP contribution is -2.25. The first kappa shape index (κ1) is 20.2. The summed E-state index contributed by atoms with van der Waals surface area (Å²) >= 11 is 0. The minimum Gasteiger partial charge on any atom is -0.481 e. The summed E-state index contributed by atoms with van der Waals surface area (Å²) in [6.07, 6.45) is 4.65. The molecule has 0 aliphatic heterocycles. The Kier molecular flexibility index (Phi) is 9.13. The SMILES string of the molecule is Cc1ccc(CCCC(=O)NCCCCC(C(=O)O)C(C)C)cc1. The van der Waals surface area contributed by atoms with Gasteiger partial charge in [0, 0.05) is 13.0 Å². The second kappa shape index (κ2) is 10.8. The Morgan fingerprint density at radius 1 is 1.08 bits per heavy atom. The van der Waals surface area contributed by atoms with Crippen LogP contribution in [0.1, 0.15) is 57.1 Å². The highest BCUT2D eigenvalue weighted by atomic mass is 16.4. The third-order valence-corrected chi connectivity index (χ3v) is 4.38. The molecule has 134 valence electrons. The molecule has 1 amide bonds. The van der Waals surface area contributed by atoms with Gasteiger partial charge in [0.05, 0.1) is 5.92 Å². The van der Waals surface area contributed by atoms with E-state index in [1.807, 2.05) is 13.8 Å². The highest BCUT2D eigenvalue weighted by molar-refractivity contribution is 5.75. The normalized spacial score (nSPS) is 12.2. The fraction of sp³-hybridized carbons (Fsp3) is 0.600. The third-order valence-electron chi connectivity index (χ3n) is 4.38. The van der Waals surface area contributed by atoms with Gasteiger partial charge in [0.1, 0.15) is 0 Å². The molecule has 24 heavy (non-hydrogen) atoms. The van der Waals surface area contributed by atoms with Crippen molar-refractivity contribution in [1.29, 1.82) is 0 Å². The molecule has 0 spiro atoms. The number of amides is 1. The topological polar surface area (TPSA) is 66.4 Å². The number of aryl methyl sites for hydroxylation is 2. The maximum absolute atomic E-state index is 11.8. The van der Waals surface area contributed by atoms with E-state index >= 15 is 0 Å². The van der Waals surface area contributed by atoms with Gasteiger partial charge in [0.15, 0.2) is 0 Å². The summed E-state index contributed by atoms with van der Waals surface area (Å²) in [7, 11) is 0. The predicted molar refractivity (Wildman–Crippen MR) is 96.9 cm³/mol. The lowest BCUT2D eigenvalue weighted by molar-refractivity contribution is -0.143. The number of carboxylic acid groups (broad SMARTS) is 1. The average Bonchev–Trinajstić information content (AvgIpc) is 2.52. The van der Waals surface area contributed by atoms with E-state index in [4.69, 9.17) is 5.11 Å². The highest BCUT2D eigenvalue weighted by Crippen LogP contribution is 2.18. The second-order valence-corrected chi connectivity index (χ2v) is 6.87. The van der Waals surface area contributed by atoms with Crippen molar-refractivity contribution >= 4 is 11.9 Å². The van der Waals surface area contributed by atoms with Crippen molar-refractivity contribution in [2.45, 2.75) is 59.3 Å². The zero-order valence-electron chi connectivity index (χ0n) is 15.2. The van der Waals surface area contributed by atoms with Gasteiger partial charge in [-0.2, -0.15) is 0 Å². The number of rotatable bonds is 11. The summed E-state index contributed by atoms with van der Waals surface area (Å²) in [6.45, 7) is 6.58. The molecule has 0 saturated heterocycles. The van der Waals surface area contributed by atoms with Gasteiger partial charge in [-0.15, -0.1) is 0 Å². The molecular formula is C20H31NO3. The van der Waals surface area contributed by atoms with E-state index in [-0.39, 0.29) is 17.7 Å². The van der Waals surface area contributed by atoms with Crippen molar-refractivity contribution in [2.75, 3.05) is 6.54 Å². The zero-order valence-corrected chi connectivity index (χ0v) is 15.2. The quantitative estimate of drug-likeness (QED) is 0.602. The Labute approximate surface area is 145 Å². The number of unbranched alkanes of at least 4 members (excludes halogenated alkanes) is 1. The first-order valence-corrected chi connectivity index (χ1v) is 8.95. The lowest BCUT2D eigenvalue weighted by atomic mass is 9.91. The minimum absolute atomic E-state index is 0.0840. The fourth-order valence-electron chi connectivity index (χ4n) is 2.76. The molecule has 1 unspecified atom stereocenters. The maximum Gasteiger partial charge on any atom is 0.306 e. The van der Waals surface area contributed by atoms with Gasteiger partial charge in [-0.1, -0.05) is 50.1 Å². The molecule has 2 N–H and O–H groups in total. The Balaban J connectivity index is 2.09. The minimum atomic E-state index is -0.717. The molecule has 4 heteroatoms. The fourth-order valence-corrected chi connectivity index (χ4v) is 2.76. The van der Waals surface area contributed by atoms with Crippen LogP contribution in [0, 0.1) is 18.8 Å². The van der Waals surface area contributed by atoms with E-state index in [0.717, 1.165) is 25.7 Å². The zero-order chi connectivity index (χ0) is 17.9. The molecule has 0 bridgehead atoms.